The molecule has 102 valence electrons. The Morgan fingerprint density at radius 3 is 2.42 bits per heavy atom. The first-order valence-electron chi connectivity index (χ1n) is 6.23. The second-order valence-electron chi connectivity index (χ2n) is 5.01. The lowest BCUT2D eigenvalue weighted by atomic mass is 10.1. The fourth-order valence-electron chi connectivity index (χ4n) is 2.29. The van der Waals surface area contributed by atoms with E-state index in [0.717, 1.165) is 23.4 Å². The molecule has 2 rings (SSSR count). The summed E-state index contributed by atoms with van der Waals surface area (Å²) < 4.78 is 0. The molecule has 0 atom stereocenters. The van der Waals surface area contributed by atoms with Crippen LogP contribution in [0.25, 0.3) is 0 Å². The number of hydrogen-bond donors (Lipinski definition) is 3. The minimum absolute atomic E-state index is 0.192. The van der Waals surface area contributed by atoms with Gasteiger partial charge in [0.25, 0.3) is 0 Å². The maximum Gasteiger partial charge on any atom is 0.220 e. The highest BCUT2D eigenvalue weighted by molar-refractivity contribution is 6.05. The molecule has 6 N–H and O–H groups in total. The summed E-state index contributed by atoms with van der Waals surface area (Å²) in [6, 6.07) is 5.85. The molecule has 1 aliphatic heterocycles. The van der Waals surface area contributed by atoms with Crippen LogP contribution >= 0.6 is 0 Å². The fourth-order valence-corrected chi connectivity index (χ4v) is 2.29. The molecule has 19 heavy (non-hydrogen) atoms. The van der Waals surface area contributed by atoms with Crippen molar-refractivity contribution in [3.05, 3.63) is 23.8 Å². The van der Waals surface area contributed by atoms with Crippen LogP contribution in [-0.4, -0.2) is 17.6 Å². The Labute approximate surface area is 113 Å². The van der Waals surface area contributed by atoms with Crippen molar-refractivity contribution in [2.24, 2.45) is 21.5 Å². The third kappa shape index (κ3) is 2.33. The SMILES string of the molecule is CCc1ccc(N2C(N)=NC(N)=NC2(C)C)cc1N. The Bertz CT molecular complexity index is 558. The molecule has 0 fully saturated rings. The molecule has 0 amide bonds. The zero-order valence-corrected chi connectivity index (χ0v) is 11.5. The van der Waals surface area contributed by atoms with E-state index in [1.165, 1.54) is 0 Å². The Morgan fingerprint density at radius 1 is 1.21 bits per heavy atom. The van der Waals surface area contributed by atoms with Crippen LogP contribution < -0.4 is 22.1 Å². The van der Waals surface area contributed by atoms with Crippen molar-refractivity contribution >= 4 is 23.3 Å². The van der Waals surface area contributed by atoms with Crippen LogP contribution in [0.3, 0.4) is 0 Å². The zero-order chi connectivity index (χ0) is 14.2. The van der Waals surface area contributed by atoms with Gasteiger partial charge in [-0.2, -0.15) is 4.99 Å². The number of benzene rings is 1. The second kappa shape index (κ2) is 4.46. The minimum atomic E-state index is -0.587. The monoisotopic (exact) mass is 260 g/mol. The molecule has 1 heterocycles. The molecular weight excluding hydrogens is 240 g/mol. The normalized spacial score (nSPS) is 17.9. The number of rotatable bonds is 2. The number of aliphatic imine (C=N–C) groups is 2. The first-order valence-corrected chi connectivity index (χ1v) is 6.23. The third-order valence-electron chi connectivity index (χ3n) is 3.16. The van der Waals surface area contributed by atoms with E-state index in [2.05, 4.69) is 16.9 Å². The summed E-state index contributed by atoms with van der Waals surface area (Å²) in [6.07, 6.45) is 0.893. The number of nitrogens with zero attached hydrogens (tertiary/aromatic N) is 3. The lowest BCUT2D eigenvalue weighted by Crippen LogP contribution is -2.54. The van der Waals surface area contributed by atoms with Crippen molar-refractivity contribution in [2.75, 3.05) is 10.6 Å². The number of hydrogen-bond acceptors (Lipinski definition) is 6. The van der Waals surface area contributed by atoms with E-state index in [1.54, 1.807) is 0 Å². The Morgan fingerprint density at radius 2 is 1.89 bits per heavy atom. The first-order chi connectivity index (χ1) is 8.85. The van der Waals surface area contributed by atoms with Gasteiger partial charge >= 0.3 is 0 Å². The van der Waals surface area contributed by atoms with Crippen LogP contribution in [0.2, 0.25) is 0 Å². The van der Waals surface area contributed by atoms with Gasteiger partial charge in [-0.25, -0.2) is 4.99 Å². The standard InChI is InChI=1S/C13H20N6/c1-4-8-5-6-9(7-10(8)14)19-12(16)17-11(15)18-13(19,2)3/h5-7H,4,14H2,1-3H3,(H4,15,16,17,18). The second-order valence-corrected chi connectivity index (χ2v) is 5.01. The summed E-state index contributed by atoms with van der Waals surface area (Å²) in [5, 5.41) is 0. The molecule has 1 aliphatic rings. The highest BCUT2D eigenvalue weighted by atomic mass is 15.4. The molecule has 0 unspecified atom stereocenters. The van der Waals surface area contributed by atoms with Crippen molar-refractivity contribution < 1.29 is 0 Å². The van der Waals surface area contributed by atoms with Crippen LogP contribution in [0.15, 0.2) is 28.2 Å². The maximum absolute atomic E-state index is 6.03. The summed E-state index contributed by atoms with van der Waals surface area (Å²) in [5.41, 5.74) is 19.8. The maximum atomic E-state index is 6.03. The zero-order valence-electron chi connectivity index (χ0n) is 11.5. The Hall–Kier alpha value is -2.24. The van der Waals surface area contributed by atoms with Crippen LogP contribution in [0.1, 0.15) is 26.3 Å². The van der Waals surface area contributed by atoms with E-state index in [-0.39, 0.29) is 5.96 Å². The average molecular weight is 260 g/mol. The molecule has 0 aliphatic carbocycles. The summed E-state index contributed by atoms with van der Waals surface area (Å²) in [5.74, 6) is 0.512. The summed E-state index contributed by atoms with van der Waals surface area (Å²) in [6.45, 7) is 5.91. The van der Waals surface area contributed by atoms with E-state index >= 15 is 0 Å². The lowest BCUT2D eigenvalue weighted by Gasteiger charge is -2.38. The highest BCUT2D eigenvalue weighted by Crippen LogP contribution is 2.29. The molecule has 6 nitrogen and oxygen atoms in total. The number of nitrogen functional groups attached to an aromatic ring is 1. The molecule has 0 bridgehead atoms. The van der Waals surface area contributed by atoms with Gasteiger partial charge in [-0.3, -0.25) is 4.90 Å². The molecule has 0 saturated carbocycles. The van der Waals surface area contributed by atoms with Crippen LogP contribution in [0.4, 0.5) is 11.4 Å². The van der Waals surface area contributed by atoms with Crippen molar-refractivity contribution in [1.29, 1.82) is 0 Å². The minimum Gasteiger partial charge on any atom is -0.398 e. The van der Waals surface area contributed by atoms with Gasteiger partial charge in [0.15, 0.2) is 0 Å². The molecule has 0 aromatic heterocycles. The van der Waals surface area contributed by atoms with E-state index in [1.807, 2.05) is 36.9 Å². The third-order valence-corrected chi connectivity index (χ3v) is 3.16. The molecule has 1 aromatic carbocycles. The smallest absolute Gasteiger partial charge is 0.220 e. The lowest BCUT2D eigenvalue weighted by molar-refractivity contribution is 0.534. The van der Waals surface area contributed by atoms with Gasteiger partial charge in [0.1, 0.15) is 5.66 Å². The van der Waals surface area contributed by atoms with Gasteiger partial charge in [0.05, 0.1) is 0 Å². The number of aryl methyl sites for hydroxylation is 1. The van der Waals surface area contributed by atoms with Gasteiger partial charge in [0.2, 0.25) is 11.9 Å². The highest BCUT2D eigenvalue weighted by Gasteiger charge is 2.33. The topological polar surface area (TPSA) is 106 Å². The molecule has 1 aromatic rings. The van der Waals surface area contributed by atoms with Gasteiger partial charge in [-0.05, 0) is 38.0 Å². The quantitative estimate of drug-likeness (QED) is 0.690. The van der Waals surface area contributed by atoms with Crippen molar-refractivity contribution in [3.8, 4) is 0 Å². The Balaban J connectivity index is 2.47. The first kappa shape index (κ1) is 13.2. The van der Waals surface area contributed by atoms with Gasteiger partial charge in [-0.1, -0.05) is 13.0 Å². The van der Waals surface area contributed by atoms with E-state index in [0.29, 0.717) is 5.96 Å². The average Bonchev–Trinajstić information content (AvgIpc) is 2.26. The van der Waals surface area contributed by atoms with Crippen LogP contribution in [0.5, 0.6) is 0 Å². The van der Waals surface area contributed by atoms with E-state index < -0.39 is 5.66 Å². The number of anilines is 2. The predicted octanol–water partition coefficient (Wildman–Crippen LogP) is 1.02. The van der Waals surface area contributed by atoms with E-state index in [4.69, 9.17) is 17.2 Å². The van der Waals surface area contributed by atoms with Crippen molar-refractivity contribution in [3.63, 3.8) is 0 Å². The molecular formula is C13H20N6. The summed E-state index contributed by atoms with van der Waals surface area (Å²) >= 11 is 0. The largest absolute Gasteiger partial charge is 0.398 e. The van der Waals surface area contributed by atoms with Gasteiger partial charge in [-0.15, -0.1) is 0 Å². The fraction of sp³-hybridized carbons (Fsp3) is 0.385. The summed E-state index contributed by atoms with van der Waals surface area (Å²) in [7, 11) is 0. The number of guanidine groups is 2. The molecule has 0 saturated heterocycles. The van der Waals surface area contributed by atoms with Crippen molar-refractivity contribution in [2.45, 2.75) is 32.9 Å². The van der Waals surface area contributed by atoms with Crippen LogP contribution in [0, 0.1) is 0 Å². The number of nitrogens with two attached hydrogens (primary N) is 3. The van der Waals surface area contributed by atoms with Gasteiger partial charge < -0.3 is 17.2 Å². The molecule has 6 heteroatoms. The molecule has 0 radical (unpaired) electrons. The van der Waals surface area contributed by atoms with E-state index in [9.17, 15) is 0 Å². The Kier molecular flexibility index (Phi) is 3.09. The molecule has 0 spiro atoms. The predicted molar refractivity (Wildman–Crippen MR) is 80.0 cm³/mol. The van der Waals surface area contributed by atoms with Gasteiger partial charge in [0, 0.05) is 11.4 Å². The summed E-state index contributed by atoms with van der Waals surface area (Å²) in [4.78, 5) is 10.1. The van der Waals surface area contributed by atoms with Crippen molar-refractivity contribution in [1.82, 2.24) is 0 Å². The van der Waals surface area contributed by atoms with Crippen LogP contribution in [-0.2, 0) is 6.42 Å².